The van der Waals surface area contributed by atoms with Crippen molar-refractivity contribution in [2.24, 2.45) is 0 Å². The van der Waals surface area contributed by atoms with E-state index in [0.717, 1.165) is 44.1 Å². The van der Waals surface area contributed by atoms with Gasteiger partial charge in [0.1, 0.15) is 4.88 Å². The largest absolute Gasteiger partial charge is 0.379 e. The molecule has 0 spiro atoms. The maximum Gasteiger partial charge on any atom is 0.263 e. The summed E-state index contributed by atoms with van der Waals surface area (Å²) in [7, 11) is 0. The van der Waals surface area contributed by atoms with E-state index in [1.54, 1.807) is 5.51 Å². The molecule has 3 rings (SSSR count). The molecular weight excluding hydrogens is 310 g/mol. The van der Waals surface area contributed by atoms with E-state index in [1.165, 1.54) is 16.9 Å². The molecular formula is C17H21N3O2S. The van der Waals surface area contributed by atoms with Gasteiger partial charge in [0, 0.05) is 26.2 Å². The van der Waals surface area contributed by atoms with Crippen LogP contribution in [-0.4, -0.2) is 42.1 Å². The van der Waals surface area contributed by atoms with E-state index in [1.807, 2.05) is 6.92 Å². The minimum absolute atomic E-state index is 0.0533. The van der Waals surface area contributed by atoms with E-state index in [4.69, 9.17) is 4.74 Å². The summed E-state index contributed by atoms with van der Waals surface area (Å²) in [5.41, 5.74) is 4.88. The summed E-state index contributed by atoms with van der Waals surface area (Å²) >= 11 is 1.38. The van der Waals surface area contributed by atoms with Crippen molar-refractivity contribution in [1.82, 2.24) is 15.2 Å². The van der Waals surface area contributed by atoms with Crippen molar-refractivity contribution in [2.75, 3.05) is 26.3 Å². The van der Waals surface area contributed by atoms with Crippen molar-refractivity contribution in [3.8, 4) is 0 Å². The molecule has 2 heterocycles. The van der Waals surface area contributed by atoms with Crippen molar-refractivity contribution in [1.29, 1.82) is 0 Å². The molecule has 1 aliphatic rings. The first-order chi connectivity index (χ1) is 11.2. The van der Waals surface area contributed by atoms with Gasteiger partial charge in [-0.05, 0) is 18.1 Å². The van der Waals surface area contributed by atoms with Gasteiger partial charge in [0.2, 0.25) is 0 Å². The predicted octanol–water partition coefficient (Wildman–Crippen LogP) is 2.21. The third-order valence-electron chi connectivity index (χ3n) is 3.94. The number of hydrogen-bond donors (Lipinski definition) is 1. The van der Waals surface area contributed by atoms with Crippen LogP contribution in [0.4, 0.5) is 0 Å². The van der Waals surface area contributed by atoms with Crippen LogP contribution in [-0.2, 0) is 17.8 Å². The Labute approximate surface area is 140 Å². The van der Waals surface area contributed by atoms with E-state index >= 15 is 0 Å². The number of nitrogens with zero attached hydrogens (tertiary/aromatic N) is 2. The van der Waals surface area contributed by atoms with E-state index in [9.17, 15) is 4.79 Å². The van der Waals surface area contributed by atoms with Crippen LogP contribution < -0.4 is 5.32 Å². The summed E-state index contributed by atoms with van der Waals surface area (Å²) in [6, 6.07) is 8.43. The van der Waals surface area contributed by atoms with Gasteiger partial charge in [0.05, 0.1) is 24.4 Å². The van der Waals surface area contributed by atoms with Crippen LogP contribution in [0.25, 0.3) is 0 Å². The van der Waals surface area contributed by atoms with Crippen molar-refractivity contribution < 1.29 is 9.53 Å². The van der Waals surface area contributed by atoms with Gasteiger partial charge < -0.3 is 10.1 Å². The normalized spacial score (nSPS) is 15.5. The van der Waals surface area contributed by atoms with Gasteiger partial charge in [0.25, 0.3) is 5.91 Å². The number of aromatic nitrogens is 1. The predicted molar refractivity (Wildman–Crippen MR) is 90.6 cm³/mol. The maximum absolute atomic E-state index is 12.1. The number of morpholine rings is 1. The Balaban J connectivity index is 1.51. The Morgan fingerprint density at radius 3 is 2.61 bits per heavy atom. The first-order valence-electron chi connectivity index (χ1n) is 7.78. The zero-order valence-corrected chi connectivity index (χ0v) is 14.1. The number of hydrogen-bond acceptors (Lipinski definition) is 5. The Morgan fingerprint density at radius 2 is 1.96 bits per heavy atom. The third kappa shape index (κ3) is 4.37. The molecule has 0 unspecified atom stereocenters. The Hall–Kier alpha value is -1.76. The number of benzene rings is 1. The molecule has 5 nitrogen and oxygen atoms in total. The van der Waals surface area contributed by atoms with Crippen LogP contribution in [0, 0.1) is 6.92 Å². The highest BCUT2D eigenvalue weighted by Gasteiger charge is 2.12. The average Bonchev–Trinajstić information content (AvgIpc) is 3.01. The lowest BCUT2D eigenvalue weighted by Gasteiger charge is -2.26. The van der Waals surface area contributed by atoms with Crippen LogP contribution in [0.5, 0.6) is 0 Å². The fourth-order valence-electron chi connectivity index (χ4n) is 2.56. The highest BCUT2D eigenvalue weighted by Crippen LogP contribution is 2.13. The first-order valence-corrected chi connectivity index (χ1v) is 8.66. The van der Waals surface area contributed by atoms with Crippen LogP contribution >= 0.6 is 11.3 Å². The number of thiazole rings is 1. The molecule has 23 heavy (non-hydrogen) atoms. The van der Waals surface area contributed by atoms with Crippen molar-refractivity contribution in [3.05, 3.63) is 51.5 Å². The molecule has 1 N–H and O–H groups in total. The van der Waals surface area contributed by atoms with E-state index in [2.05, 4.69) is 39.5 Å². The molecule has 0 aliphatic carbocycles. The number of nitrogens with one attached hydrogen (secondary N) is 1. The monoisotopic (exact) mass is 331 g/mol. The zero-order chi connectivity index (χ0) is 16.1. The van der Waals surface area contributed by atoms with Gasteiger partial charge in [-0.1, -0.05) is 24.3 Å². The molecule has 2 aromatic rings. The lowest BCUT2D eigenvalue weighted by atomic mass is 10.1. The summed E-state index contributed by atoms with van der Waals surface area (Å²) in [6.45, 7) is 6.97. The van der Waals surface area contributed by atoms with Gasteiger partial charge in [-0.3, -0.25) is 9.69 Å². The molecule has 6 heteroatoms. The fraction of sp³-hybridized carbons (Fsp3) is 0.412. The SMILES string of the molecule is Cc1ncsc1C(=O)NCc1ccc(CN2CCOCC2)cc1. The molecule has 1 amide bonds. The average molecular weight is 331 g/mol. The minimum atomic E-state index is -0.0533. The highest BCUT2D eigenvalue weighted by molar-refractivity contribution is 7.11. The lowest BCUT2D eigenvalue weighted by molar-refractivity contribution is 0.0342. The number of aryl methyl sites for hydroxylation is 1. The Morgan fingerprint density at radius 1 is 1.26 bits per heavy atom. The smallest absolute Gasteiger partial charge is 0.263 e. The molecule has 1 fully saturated rings. The fourth-order valence-corrected chi connectivity index (χ4v) is 3.28. The summed E-state index contributed by atoms with van der Waals surface area (Å²) in [6.07, 6.45) is 0. The Kier molecular flexibility index (Phi) is 5.38. The van der Waals surface area contributed by atoms with E-state index in [0.29, 0.717) is 11.4 Å². The maximum atomic E-state index is 12.1. The summed E-state index contributed by atoms with van der Waals surface area (Å²) < 4.78 is 5.36. The summed E-state index contributed by atoms with van der Waals surface area (Å²) in [5.74, 6) is -0.0533. The van der Waals surface area contributed by atoms with Gasteiger partial charge in [0.15, 0.2) is 0 Å². The van der Waals surface area contributed by atoms with Crippen molar-refractivity contribution in [3.63, 3.8) is 0 Å². The standard InChI is InChI=1S/C17H21N3O2S/c1-13-16(23-12-19-13)17(21)18-10-14-2-4-15(5-3-14)11-20-6-8-22-9-7-20/h2-5,12H,6-11H2,1H3,(H,18,21). The lowest BCUT2D eigenvalue weighted by Crippen LogP contribution is -2.35. The Bertz CT molecular complexity index is 648. The minimum Gasteiger partial charge on any atom is -0.379 e. The third-order valence-corrected chi connectivity index (χ3v) is 4.86. The van der Waals surface area contributed by atoms with Gasteiger partial charge in [-0.25, -0.2) is 4.98 Å². The van der Waals surface area contributed by atoms with E-state index in [-0.39, 0.29) is 5.91 Å². The molecule has 0 radical (unpaired) electrons. The second-order valence-electron chi connectivity index (χ2n) is 5.65. The quantitative estimate of drug-likeness (QED) is 0.913. The number of amides is 1. The molecule has 1 aliphatic heterocycles. The first kappa shape index (κ1) is 16.1. The molecule has 0 bridgehead atoms. The van der Waals surface area contributed by atoms with Crippen molar-refractivity contribution in [2.45, 2.75) is 20.0 Å². The molecule has 1 aromatic heterocycles. The van der Waals surface area contributed by atoms with Crippen LogP contribution in [0.15, 0.2) is 29.8 Å². The number of rotatable bonds is 5. The zero-order valence-electron chi connectivity index (χ0n) is 13.2. The second-order valence-corrected chi connectivity index (χ2v) is 6.51. The number of carbonyl (C=O) groups is 1. The molecule has 1 saturated heterocycles. The molecule has 122 valence electrons. The summed E-state index contributed by atoms with van der Waals surface area (Å²) in [5, 5.41) is 2.95. The number of ether oxygens (including phenoxy) is 1. The number of carbonyl (C=O) groups excluding carboxylic acids is 1. The van der Waals surface area contributed by atoms with Gasteiger partial charge >= 0.3 is 0 Å². The van der Waals surface area contributed by atoms with Crippen LogP contribution in [0.3, 0.4) is 0 Å². The molecule has 0 atom stereocenters. The molecule has 1 aromatic carbocycles. The topological polar surface area (TPSA) is 54.5 Å². The van der Waals surface area contributed by atoms with Crippen LogP contribution in [0.2, 0.25) is 0 Å². The molecule has 0 saturated carbocycles. The van der Waals surface area contributed by atoms with Crippen LogP contribution in [0.1, 0.15) is 26.5 Å². The van der Waals surface area contributed by atoms with Gasteiger partial charge in [-0.2, -0.15) is 0 Å². The van der Waals surface area contributed by atoms with E-state index < -0.39 is 0 Å². The second kappa shape index (κ2) is 7.68. The van der Waals surface area contributed by atoms with Crippen molar-refractivity contribution >= 4 is 17.2 Å². The summed E-state index contributed by atoms with van der Waals surface area (Å²) in [4.78, 5) is 19.3. The highest BCUT2D eigenvalue weighted by atomic mass is 32.1. The van der Waals surface area contributed by atoms with Gasteiger partial charge in [-0.15, -0.1) is 11.3 Å².